The van der Waals surface area contributed by atoms with Crippen LogP contribution in [0.2, 0.25) is 0 Å². The maximum absolute atomic E-state index is 12.7. The van der Waals surface area contributed by atoms with Gasteiger partial charge in [-0.1, -0.05) is 0 Å². The lowest BCUT2D eigenvalue weighted by atomic mass is 9.72. The summed E-state index contributed by atoms with van der Waals surface area (Å²) in [6, 6.07) is 1.92. The first-order valence-electron chi connectivity index (χ1n) is 10.5. The normalized spacial score (nSPS) is 19.1. The van der Waals surface area contributed by atoms with Crippen molar-refractivity contribution in [2.75, 3.05) is 26.2 Å². The van der Waals surface area contributed by atoms with Gasteiger partial charge in [0.15, 0.2) is 0 Å². The van der Waals surface area contributed by atoms with Crippen LogP contribution in [-0.4, -0.2) is 67.1 Å². The average Bonchev–Trinajstić information content (AvgIpc) is 3.38. The maximum Gasteiger partial charge on any atom is 0.244 e. The fourth-order valence-electron chi connectivity index (χ4n) is 4.60. The Morgan fingerprint density at radius 3 is 2.69 bits per heavy atom. The average molecular weight is 399 g/mol. The minimum Gasteiger partial charge on any atom is -0.342 e. The summed E-state index contributed by atoms with van der Waals surface area (Å²) in [6.45, 7) is 6.32. The van der Waals surface area contributed by atoms with Gasteiger partial charge in [-0.15, -0.1) is 0 Å². The minimum absolute atomic E-state index is 0.135. The van der Waals surface area contributed by atoms with Gasteiger partial charge in [-0.3, -0.25) is 14.3 Å². The molecule has 2 saturated heterocycles. The van der Waals surface area contributed by atoms with E-state index in [0.717, 1.165) is 64.1 Å². The van der Waals surface area contributed by atoms with E-state index in [4.69, 9.17) is 0 Å². The third-order valence-electron chi connectivity index (χ3n) is 6.54. The van der Waals surface area contributed by atoms with Gasteiger partial charge in [-0.2, -0.15) is 5.10 Å². The van der Waals surface area contributed by atoms with E-state index >= 15 is 0 Å². The van der Waals surface area contributed by atoms with Crippen molar-refractivity contribution in [3.8, 4) is 0 Å². The summed E-state index contributed by atoms with van der Waals surface area (Å²) in [5.74, 6) is 0.407. The van der Waals surface area contributed by atoms with Crippen molar-refractivity contribution in [2.45, 2.75) is 52.1 Å². The van der Waals surface area contributed by atoms with E-state index in [2.05, 4.69) is 14.6 Å². The molecule has 2 aliphatic rings. The SMILES string of the molecule is Cc1ccnn1CC(=O)N1CCC2(CCC(=O)N(CCCn3ccnc3)C2)CC1. The third kappa shape index (κ3) is 4.52. The lowest BCUT2D eigenvalue weighted by Gasteiger charge is -2.47. The van der Waals surface area contributed by atoms with Gasteiger partial charge in [0.25, 0.3) is 0 Å². The summed E-state index contributed by atoms with van der Waals surface area (Å²) < 4.78 is 3.81. The standard InChI is InChI=1S/C21H30N6O2/c1-18-4-8-23-27(18)15-20(29)25-12-6-21(7-13-25)5-3-19(28)26(16-21)11-2-10-24-14-9-22-17-24/h4,8-9,14,17H,2-3,5-7,10-13,15-16H2,1H3. The molecule has 2 aromatic heterocycles. The van der Waals surface area contributed by atoms with E-state index in [1.807, 2.05) is 35.3 Å². The highest BCUT2D eigenvalue weighted by Gasteiger charge is 2.41. The van der Waals surface area contributed by atoms with Gasteiger partial charge >= 0.3 is 0 Å². The van der Waals surface area contributed by atoms with Gasteiger partial charge in [0.05, 0.1) is 6.33 Å². The number of aryl methyl sites for hydroxylation is 2. The molecule has 0 saturated carbocycles. The van der Waals surface area contributed by atoms with Crippen molar-refractivity contribution in [3.63, 3.8) is 0 Å². The highest BCUT2D eigenvalue weighted by atomic mass is 16.2. The lowest BCUT2D eigenvalue weighted by molar-refractivity contribution is -0.142. The van der Waals surface area contributed by atoms with Gasteiger partial charge in [0.1, 0.15) is 6.54 Å². The second kappa shape index (κ2) is 8.39. The number of hydrogen-bond donors (Lipinski definition) is 0. The topological polar surface area (TPSA) is 76.3 Å². The van der Waals surface area contributed by atoms with Crippen LogP contribution < -0.4 is 0 Å². The van der Waals surface area contributed by atoms with Crippen LogP contribution in [0, 0.1) is 12.3 Å². The van der Waals surface area contributed by atoms with Gasteiger partial charge in [0.2, 0.25) is 11.8 Å². The van der Waals surface area contributed by atoms with Gasteiger partial charge in [-0.05, 0) is 44.1 Å². The monoisotopic (exact) mass is 398 g/mol. The van der Waals surface area contributed by atoms with Crippen LogP contribution in [0.4, 0.5) is 0 Å². The van der Waals surface area contributed by atoms with Crippen LogP contribution in [0.1, 0.15) is 37.8 Å². The third-order valence-corrected chi connectivity index (χ3v) is 6.54. The Balaban J connectivity index is 1.28. The Labute approximate surface area is 171 Å². The number of rotatable bonds is 6. The lowest BCUT2D eigenvalue weighted by Crippen LogP contribution is -2.52. The molecule has 0 aromatic carbocycles. The number of nitrogens with zero attached hydrogens (tertiary/aromatic N) is 6. The molecule has 2 amide bonds. The Kier molecular flexibility index (Phi) is 5.69. The van der Waals surface area contributed by atoms with Crippen LogP contribution in [0.25, 0.3) is 0 Å². The van der Waals surface area contributed by atoms with Crippen molar-refractivity contribution >= 4 is 11.8 Å². The Bertz CT molecular complexity index is 835. The largest absolute Gasteiger partial charge is 0.342 e. The predicted octanol–water partition coefficient (Wildman–Crippen LogP) is 1.71. The molecular weight excluding hydrogens is 368 g/mol. The van der Waals surface area contributed by atoms with Crippen LogP contribution in [0.15, 0.2) is 31.0 Å². The van der Waals surface area contributed by atoms with E-state index in [1.54, 1.807) is 17.1 Å². The van der Waals surface area contributed by atoms with Crippen LogP contribution >= 0.6 is 0 Å². The van der Waals surface area contributed by atoms with Gasteiger partial charge < -0.3 is 14.4 Å². The second-order valence-corrected chi connectivity index (χ2v) is 8.48. The molecule has 29 heavy (non-hydrogen) atoms. The molecule has 0 radical (unpaired) electrons. The fourth-order valence-corrected chi connectivity index (χ4v) is 4.60. The highest BCUT2D eigenvalue weighted by Crippen LogP contribution is 2.40. The summed E-state index contributed by atoms with van der Waals surface area (Å²) in [4.78, 5) is 33.2. The number of hydrogen-bond acceptors (Lipinski definition) is 4. The Morgan fingerprint density at radius 1 is 1.17 bits per heavy atom. The number of piperidine rings is 2. The molecule has 4 heterocycles. The molecule has 8 heteroatoms. The van der Waals surface area contributed by atoms with Crippen molar-refractivity contribution in [3.05, 3.63) is 36.7 Å². The number of aromatic nitrogens is 4. The van der Waals surface area contributed by atoms with Crippen LogP contribution in [-0.2, 0) is 22.7 Å². The number of likely N-dealkylation sites (tertiary alicyclic amines) is 2. The molecule has 2 aromatic rings. The van der Waals surface area contributed by atoms with E-state index in [9.17, 15) is 9.59 Å². The van der Waals surface area contributed by atoms with Crippen molar-refractivity contribution in [1.82, 2.24) is 29.1 Å². The van der Waals surface area contributed by atoms with Crippen molar-refractivity contribution in [1.29, 1.82) is 0 Å². The molecule has 0 unspecified atom stereocenters. The van der Waals surface area contributed by atoms with E-state index in [0.29, 0.717) is 13.0 Å². The van der Waals surface area contributed by atoms with Crippen molar-refractivity contribution in [2.24, 2.45) is 5.41 Å². The predicted molar refractivity (Wildman–Crippen MR) is 108 cm³/mol. The first-order chi connectivity index (χ1) is 14.0. The van der Waals surface area contributed by atoms with Crippen molar-refractivity contribution < 1.29 is 9.59 Å². The quantitative estimate of drug-likeness (QED) is 0.742. The Morgan fingerprint density at radius 2 is 2.00 bits per heavy atom. The first kappa shape index (κ1) is 19.7. The molecule has 1 spiro atoms. The smallest absolute Gasteiger partial charge is 0.244 e. The molecule has 2 fully saturated rings. The van der Waals surface area contributed by atoms with Crippen LogP contribution in [0.5, 0.6) is 0 Å². The number of carbonyl (C=O) groups is 2. The molecule has 2 aliphatic heterocycles. The molecule has 0 bridgehead atoms. The van der Waals surface area contributed by atoms with E-state index < -0.39 is 0 Å². The molecule has 4 rings (SSSR count). The first-order valence-corrected chi connectivity index (χ1v) is 10.5. The summed E-state index contributed by atoms with van der Waals surface area (Å²) >= 11 is 0. The zero-order chi connectivity index (χ0) is 20.3. The maximum atomic E-state index is 12.7. The van der Waals surface area contributed by atoms with E-state index in [1.165, 1.54) is 0 Å². The van der Waals surface area contributed by atoms with E-state index in [-0.39, 0.29) is 17.2 Å². The molecule has 156 valence electrons. The second-order valence-electron chi connectivity index (χ2n) is 8.48. The van der Waals surface area contributed by atoms with Gasteiger partial charge in [-0.25, -0.2) is 4.98 Å². The van der Waals surface area contributed by atoms with Crippen LogP contribution in [0.3, 0.4) is 0 Å². The molecular formula is C21H30N6O2. The summed E-state index contributed by atoms with van der Waals surface area (Å²) in [5, 5.41) is 4.22. The number of imidazole rings is 1. The molecule has 8 nitrogen and oxygen atoms in total. The molecule has 0 aliphatic carbocycles. The molecule has 0 atom stereocenters. The summed E-state index contributed by atoms with van der Waals surface area (Å²) in [7, 11) is 0. The Hall–Kier alpha value is -2.64. The highest BCUT2D eigenvalue weighted by molar-refractivity contribution is 5.77. The zero-order valence-corrected chi connectivity index (χ0v) is 17.2. The van der Waals surface area contributed by atoms with Gasteiger partial charge in [0, 0.05) is 63.4 Å². The molecule has 0 N–H and O–H groups in total. The number of amides is 2. The zero-order valence-electron chi connectivity index (χ0n) is 17.2. The number of carbonyl (C=O) groups excluding carboxylic acids is 2. The summed E-state index contributed by atoms with van der Waals surface area (Å²) in [6.07, 6.45) is 11.7. The summed E-state index contributed by atoms with van der Waals surface area (Å²) in [5.41, 5.74) is 1.17. The fraction of sp³-hybridized carbons (Fsp3) is 0.619. The minimum atomic E-state index is 0.135.